The summed E-state index contributed by atoms with van der Waals surface area (Å²) in [6, 6.07) is 4.79. The zero-order chi connectivity index (χ0) is 10.3. The lowest BCUT2D eigenvalue weighted by Crippen LogP contribution is -2.43. The number of nitrogens with one attached hydrogen (secondary N) is 1. The lowest BCUT2D eigenvalue weighted by molar-refractivity contribution is -0.189. The molecule has 0 radical (unpaired) electrons. The van der Waals surface area contributed by atoms with Crippen LogP contribution >= 0.6 is 0 Å². The molecule has 1 aliphatic heterocycles. The number of alkyl halides is 2. The van der Waals surface area contributed by atoms with Crippen LogP contribution in [-0.2, 0) is 4.79 Å². The van der Waals surface area contributed by atoms with Crippen molar-refractivity contribution in [1.82, 2.24) is 0 Å². The minimum Gasteiger partial charge on any atom is -0.423 e. The van der Waals surface area contributed by atoms with Crippen molar-refractivity contribution in [3.05, 3.63) is 23.8 Å². The minimum atomic E-state index is -3.78. The molecule has 0 spiro atoms. The summed E-state index contributed by atoms with van der Waals surface area (Å²) in [7, 11) is 0. The Morgan fingerprint density at radius 3 is 2.86 bits per heavy atom. The summed E-state index contributed by atoms with van der Waals surface area (Å²) < 4.78 is 30.0. The highest BCUT2D eigenvalue weighted by atomic mass is 19.3. The van der Waals surface area contributed by atoms with Gasteiger partial charge in [0.15, 0.2) is 5.75 Å². The third-order valence-corrected chi connectivity index (χ3v) is 1.95. The van der Waals surface area contributed by atoms with Crippen LogP contribution in [0.5, 0.6) is 5.75 Å². The smallest absolute Gasteiger partial charge is 0.423 e. The van der Waals surface area contributed by atoms with Gasteiger partial charge in [0.2, 0.25) is 0 Å². The van der Waals surface area contributed by atoms with Crippen LogP contribution in [0.25, 0.3) is 0 Å². The molecular weight excluding hydrogens is 192 g/mol. The van der Waals surface area contributed by atoms with Crippen LogP contribution in [0.2, 0.25) is 0 Å². The number of fused-ring (bicyclic) bond motifs is 1. The van der Waals surface area contributed by atoms with Crippen molar-refractivity contribution in [1.29, 1.82) is 0 Å². The first-order valence-corrected chi connectivity index (χ1v) is 3.98. The Labute approximate surface area is 78.7 Å². The minimum absolute atomic E-state index is 0.0251. The highest BCUT2D eigenvalue weighted by molar-refractivity contribution is 5.98. The molecule has 5 heteroatoms. The van der Waals surface area contributed by atoms with Gasteiger partial charge in [-0.25, -0.2) is 0 Å². The molecule has 0 atom stereocenters. The van der Waals surface area contributed by atoms with Crippen molar-refractivity contribution in [2.75, 3.05) is 5.32 Å². The predicted octanol–water partition coefficient (Wildman–Crippen LogP) is 1.92. The molecule has 1 heterocycles. The Kier molecular flexibility index (Phi) is 1.70. The molecule has 0 aromatic heterocycles. The first kappa shape index (κ1) is 8.93. The van der Waals surface area contributed by atoms with Crippen molar-refractivity contribution in [3.63, 3.8) is 0 Å². The first-order chi connectivity index (χ1) is 6.50. The second kappa shape index (κ2) is 2.67. The number of aryl methyl sites for hydroxylation is 1. The molecule has 0 aliphatic carbocycles. The van der Waals surface area contributed by atoms with Crippen LogP contribution in [0.1, 0.15) is 5.56 Å². The Hall–Kier alpha value is -1.65. The number of benzene rings is 1. The van der Waals surface area contributed by atoms with Gasteiger partial charge < -0.3 is 10.1 Å². The molecule has 0 bridgehead atoms. The maximum Gasteiger partial charge on any atom is 0.482 e. The van der Waals surface area contributed by atoms with E-state index in [4.69, 9.17) is 0 Å². The van der Waals surface area contributed by atoms with E-state index >= 15 is 0 Å². The number of carbonyl (C=O) groups is 1. The molecule has 1 aliphatic rings. The van der Waals surface area contributed by atoms with E-state index in [2.05, 4.69) is 10.1 Å². The van der Waals surface area contributed by atoms with Gasteiger partial charge in [0.1, 0.15) is 0 Å². The molecule has 1 aromatic carbocycles. The van der Waals surface area contributed by atoms with Gasteiger partial charge in [-0.2, -0.15) is 8.78 Å². The van der Waals surface area contributed by atoms with Crippen molar-refractivity contribution in [2.24, 2.45) is 0 Å². The van der Waals surface area contributed by atoms with Gasteiger partial charge in [0.25, 0.3) is 0 Å². The van der Waals surface area contributed by atoms with Gasteiger partial charge >= 0.3 is 12.0 Å². The van der Waals surface area contributed by atoms with Gasteiger partial charge in [-0.3, -0.25) is 4.79 Å². The van der Waals surface area contributed by atoms with E-state index < -0.39 is 12.0 Å². The van der Waals surface area contributed by atoms with Crippen molar-refractivity contribution in [3.8, 4) is 5.75 Å². The Balaban J connectivity index is 2.51. The van der Waals surface area contributed by atoms with Crippen LogP contribution in [0.3, 0.4) is 0 Å². The van der Waals surface area contributed by atoms with Gasteiger partial charge in [0.05, 0.1) is 5.69 Å². The fraction of sp³-hybridized carbons (Fsp3) is 0.222. The average Bonchev–Trinajstić information content (AvgIpc) is 2.09. The first-order valence-electron chi connectivity index (χ1n) is 3.98. The van der Waals surface area contributed by atoms with E-state index in [9.17, 15) is 13.6 Å². The summed E-state index contributed by atoms with van der Waals surface area (Å²) in [5.74, 6) is -1.41. The lowest BCUT2D eigenvalue weighted by Gasteiger charge is -2.25. The van der Waals surface area contributed by atoms with Gasteiger partial charge in [0, 0.05) is 0 Å². The SMILES string of the molecule is Cc1cccc2c1OC(F)(F)C(=O)N2. The van der Waals surface area contributed by atoms with Gasteiger partial charge in [-0.05, 0) is 18.6 Å². The molecule has 0 saturated carbocycles. The van der Waals surface area contributed by atoms with Gasteiger partial charge in [-0.1, -0.05) is 12.1 Å². The normalized spacial score (nSPS) is 18.1. The zero-order valence-electron chi connectivity index (χ0n) is 7.30. The summed E-state index contributed by atoms with van der Waals surface area (Å²) >= 11 is 0. The number of ether oxygens (including phenoxy) is 1. The molecule has 1 N–H and O–H groups in total. The molecule has 0 saturated heterocycles. The molecule has 1 aromatic rings. The van der Waals surface area contributed by atoms with Crippen molar-refractivity contribution < 1.29 is 18.3 Å². The quantitative estimate of drug-likeness (QED) is 0.693. The van der Waals surface area contributed by atoms with Crippen LogP contribution in [-0.4, -0.2) is 12.0 Å². The standard InChI is InChI=1S/C9H7F2NO2/c1-5-3-2-4-6-7(5)14-9(10,11)8(13)12-6/h2-4H,1H3,(H,12,13). The highest BCUT2D eigenvalue weighted by Crippen LogP contribution is 2.37. The topological polar surface area (TPSA) is 38.3 Å². The molecule has 14 heavy (non-hydrogen) atoms. The Bertz CT molecular complexity index is 404. The second-order valence-electron chi connectivity index (χ2n) is 3.02. The van der Waals surface area contributed by atoms with E-state index in [1.807, 2.05) is 0 Å². The van der Waals surface area contributed by atoms with E-state index in [1.54, 1.807) is 19.1 Å². The summed E-state index contributed by atoms with van der Waals surface area (Å²) in [5, 5.41) is 2.08. The lowest BCUT2D eigenvalue weighted by atomic mass is 10.1. The molecule has 0 fully saturated rings. The zero-order valence-corrected chi connectivity index (χ0v) is 7.30. The Morgan fingerprint density at radius 2 is 2.14 bits per heavy atom. The number of carbonyl (C=O) groups excluding carboxylic acids is 1. The monoisotopic (exact) mass is 199 g/mol. The highest BCUT2D eigenvalue weighted by Gasteiger charge is 2.46. The molecule has 0 unspecified atom stereocenters. The third-order valence-electron chi connectivity index (χ3n) is 1.95. The third kappa shape index (κ3) is 1.21. The average molecular weight is 199 g/mol. The summed E-state index contributed by atoms with van der Waals surface area (Å²) in [5.41, 5.74) is 0.836. The molecule has 3 nitrogen and oxygen atoms in total. The summed E-state index contributed by atoms with van der Waals surface area (Å²) in [6.07, 6.45) is -3.78. The molecular formula is C9H7F2NO2. The summed E-state index contributed by atoms with van der Waals surface area (Å²) in [4.78, 5) is 10.8. The number of hydrogen-bond donors (Lipinski definition) is 1. The second-order valence-corrected chi connectivity index (χ2v) is 3.02. The largest absolute Gasteiger partial charge is 0.482 e. The maximum absolute atomic E-state index is 12.8. The predicted molar refractivity (Wildman–Crippen MR) is 45.4 cm³/mol. The van der Waals surface area contributed by atoms with Crippen molar-refractivity contribution >= 4 is 11.6 Å². The molecule has 2 rings (SSSR count). The molecule has 74 valence electrons. The van der Waals surface area contributed by atoms with Crippen LogP contribution < -0.4 is 10.1 Å². The number of para-hydroxylation sites is 1. The van der Waals surface area contributed by atoms with E-state index in [-0.39, 0.29) is 11.4 Å². The number of halogens is 2. The number of rotatable bonds is 0. The van der Waals surface area contributed by atoms with Crippen molar-refractivity contribution in [2.45, 2.75) is 13.0 Å². The molecule has 1 amide bonds. The van der Waals surface area contributed by atoms with Crippen LogP contribution in [0.15, 0.2) is 18.2 Å². The van der Waals surface area contributed by atoms with E-state index in [0.717, 1.165) is 0 Å². The van der Waals surface area contributed by atoms with Crippen LogP contribution in [0.4, 0.5) is 14.5 Å². The van der Waals surface area contributed by atoms with E-state index in [0.29, 0.717) is 5.56 Å². The summed E-state index contributed by atoms with van der Waals surface area (Å²) in [6.45, 7) is 1.63. The fourth-order valence-electron chi connectivity index (χ4n) is 1.26. The van der Waals surface area contributed by atoms with Crippen LogP contribution in [0, 0.1) is 6.92 Å². The maximum atomic E-state index is 12.8. The number of hydrogen-bond acceptors (Lipinski definition) is 2. The number of amides is 1. The Morgan fingerprint density at radius 1 is 1.43 bits per heavy atom. The fourth-order valence-corrected chi connectivity index (χ4v) is 1.26. The number of anilines is 1. The van der Waals surface area contributed by atoms with E-state index in [1.165, 1.54) is 6.07 Å². The van der Waals surface area contributed by atoms with Gasteiger partial charge in [-0.15, -0.1) is 0 Å².